The molecule has 106 valence electrons. The van der Waals surface area contributed by atoms with Crippen molar-refractivity contribution in [2.24, 2.45) is 0 Å². The molecule has 3 nitrogen and oxygen atoms in total. The fraction of sp³-hybridized carbons (Fsp3) is 0.600. The Hall–Kier alpha value is -0.870. The zero-order chi connectivity index (χ0) is 13.8. The molecule has 1 aromatic carbocycles. The fourth-order valence-electron chi connectivity index (χ4n) is 2.92. The lowest BCUT2D eigenvalue weighted by Crippen LogP contribution is -2.22. The Balaban J connectivity index is 2.47. The molecule has 2 atom stereocenters. The van der Waals surface area contributed by atoms with Crippen LogP contribution in [-0.2, 0) is 11.2 Å². The van der Waals surface area contributed by atoms with Crippen LogP contribution < -0.4 is 9.47 Å². The van der Waals surface area contributed by atoms with Crippen LogP contribution in [-0.4, -0.2) is 33.0 Å². The van der Waals surface area contributed by atoms with Crippen LogP contribution in [0.5, 0.6) is 11.5 Å². The normalized spacial score (nSPS) is 19.7. The third-order valence-electron chi connectivity index (χ3n) is 3.78. The maximum Gasteiger partial charge on any atom is 0.126 e. The highest BCUT2D eigenvalue weighted by Gasteiger charge is 2.31. The van der Waals surface area contributed by atoms with E-state index in [4.69, 9.17) is 14.2 Å². The van der Waals surface area contributed by atoms with Crippen molar-refractivity contribution in [1.82, 2.24) is 0 Å². The molecule has 2 unspecified atom stereocenters. The van der Waals surface area contributed by atoms with Gasteiger partial charge in [0.05, 0.1) is 14.2 Å². The summed E-state index contributed by atoms with van der Waals surface area (Å²) in [4.78, 5) is 0. The van der Waals surface area contributed by atoms with Crippen LogP contribution in [0.4, 0.5) is 0 Å². The van der Waals surface area contributed by atoms with Crippen LogP contribution in [0.3, 0.4) is 0 Å². The summed E-state index contributed by atoms with van der Waals surface area (Å²) < 4.78 is 16.6. The predicted octanol–water partition coefficient (Wildman–Crippen LogP) is 3.46. The SMILES string of the molecule is COc1cc2c(c(OC)c1)C(C(OC)SC)CCC2. The number of hydrogen-bond donors (Lipinski definition) is 0. The molecule has 0 radical (unpaired) electrons. The average Bonchev–Trinajstić information content (AvgIpc) is 2.47. The van der Waals surface area contributed by atoms with E-state index in [1.54, 1.807) is 33.1 Å². The Labute approximate surface area is 119 Å². The van der Waals surface area contributed by atoms with Crippen LogP contribution in [0.15, 0.2) is 12.1 Å². The van der Waals surface area contributed by atoms with E-state index in [0.29, 0.717) is 5.92 Å². The number of ether oxygens (including phenoxy) is 3. The molecular weight excluding hydrogens is 260 g/mol. The van der Waals surface area contributed by atoms with Gasteiger partial charge < -0.3 is 14.2 Å². The van der Waals surface area contributed by atoms with Crippen LogP contribution in [0, 0.1) is 0 Å². The van der Waals surface area contributed by atoms with E-state index in [9.17, 15) is 0 Å². The molecule has 0 saturated heterocycles. The second-order valence-corrected chi connectivity index (χ2v) is 5.68. The predicted molar refractivity (Wildman–Crippen MR) is 79.5 cm³/mol. The van der Waals surface area contributed by atoms with E-state index in [0.717, 1.165) is 24.3 Å². The van der Waals surface area contributed by atoms with E-state index >= 15 is 0 Å². The van der Waals surface area contributed by atoms with Crippen molar-refractivity contribution in [1.29, 1.82) is 0 Å². The first-order valence-corrected chi connectivity index (χ1v) is 7.84. The number of benzene rings is 1. The molecule has 0 spiro atoms. The van der Waals surface area contributed by atoms with Crippen molar-refractivity contribution < 1.29 is 14.2 Å². The Bertz CT molecular complexity index is 412. The molecule has 4 heteroatoms. The average molecular weight is 282 g/mol. The Morgan fingerprint density at radius 3 is 2.58 bits per heavy atom. The molecular formula is C15H22O3S. The maximum atomic E-state index is 5.63. The van der Waals surface area contributed by atoms with Crippen molar-refractivity contribution in [3.63, 3.8) is 0 Å². The summed E-state index contributed by atoms with van der Waals surface area (Å²) in [5, 5.41) is 0. The highest BCUT2D eigenvalue weighted by molar-refractivity contribution is 7.99. The van der Waals surface area contributed by atoms with Crippen molar-refractivity contribution in [3.8, 4) is 11.5 Å². The summed E-state index contributed by atoms with van der Waals surface area (Å²) in [6.45, 7) is 0. The first-order valence-electron chi connectivity index (χ1n) is 6.55. The summed E-state index contributed by atoms with van der Waals surface area (Å²) in [6, 6.07) is 4.11. The standard InChI is InChI=1S/C15H22O3S/c1-16-11-8-10-6-5-7-12(15(18-3)19-4)14(10)13(9-11)17-2/h8-9,12,15H,5-7H2,1-4H3. The minimum atomic E-state index is 0.182. The first kappa shape index (κ1) is 14.5. The first-order chi connectivity index (χ1) is 9.24. The number of thioether (sulfide) groups is 1. The van der Waals surface area contributed by atoms with Gasteiger partial charge >= 0.3 is 0 Å². The maximum absolute atomic E-state index is 5.63. The van der Waals surface area contributed by atoms with E-state index in [1.165, 1.54) is 17.5 Å². The van der Waals surface area contributed by atoms with Crippen LogP contribution in [0.1, 0.15) is 29.9 Å². The Kier molecular flexibility index (Phi) is 4.99. The van der Waals surface area contributed by atoms with Crippen molar-refractivity contribution in [3.05, 3.63) is 23.3 Å². The quantitative estimate of drug-likeness (QED) is 0.773. The second-order valence-electron chi connectivity index (χ2n) is 4.74. The van der Waals surface area contributed by atoms with Gasteiger partial charge in [-0.25, -0.2) is 0 Å². The largest absolute Gasteiger partial charge is 0.497 e. The third kappa shape index (κ3) is 2.84. The monoisotopic (exact) mass is 282 g/mol. The number of methoxy groups -OCH3 is 3. The number of hydrogen-bond acceptors (Lipinski definition) is 4. The Morgan fingerprint density at radius 2 is 2.00 bits per heavy atom. The summed E-state index contributed by atoms with van der Waals surface area (Å²) in [5.74, 6) is 2.19. The van der Waals surface area contributed by atoms with Gasteiger partial charge in [-0.1, -0.05) is 0 Å². The van der Waals surface area contributed by atoms with Crippen molar-refractivity contribution in [2.45, 2.75) is 30.6 Å². The lowest BCUT2D eigenvalue weighted by Gasteiger charge is -2.32. The summed E-state index contributed by atoms with van der Waals surface area (Å²) >= 11 is 1.76. The van der Waals surface area contributed by atoms with Crippen molar-refractivity contribution >= 4 is 11.8 Å². The highest BCUT2D eigenvalue weighted by Crippen LogP contribution is 2.44. The van der Waals surface area contributed by atoms with Crippen LogP contribution in [0.25, 0.3) is 0 Å². The topological polar surface area (TPSA) is 27.7 Å². The molecule has 0 fully saturated rings. The number of fused-ring (bicyclic) bond motifs is 1. The molecule has 2 rings (SSSR count). The molecule has 1 aliphatic carbocycles. The second kappa shape index (κ2) is 6.53. The van der Waals surface area contributed by atoms with Gasteiger partial charge in [0, 0.05) is 24.7 Å². The molecule has 19 heavy (non-hydrogen) atoms. The fourth-order valence-corrected chi connectivity index (χ4v) is 3.72. The number of aryl methyl sites for hydroxylation is 1. The van der Waals surface area contributed by atoms with E-state index in [-0.39, 0.29) is 5.44 Å². The molecule has 0 saturated carbocycles. The Morgan fingerprint density at radius 1 is 1.21 bits per heavy atom. The molecule has 0 N–H and O–H groups in total. The van der Waals surface area contributed by atoms with Gasteiger partial charge in [-0.3, -0.25) is 0 Å². The van der Waals surface area contributed by atoms with E-state index in [2.05, 4.69) is 12.3 Å². The molecule has 0 aliphatic heterocycles. The number of rotatable bonds is 5. The van der Waals surface area contributed by atoms with Gasteiger partial charge in [0.1, 0.15) is 16.9 Å². The minimum absolute atomic E-state index is 0.182. The van der Waals surface area contributed by atoms with Gasteiger partial charge in [0.2, 0.25) is 0 Å². The van der Waals surface area contributed by atoms with E-state index in [1.807, 2.05) is 6.07 Å². The summed E-state index contributed by atoms with van der Waals surface area (Å²) in [7, 11) is 5.20. The van der Waals surface area contributed by atoms with Gasteiger partial charge in [0.15, 0.2) is 0 Å². The summed E-state index contributed by atoms with van der Waals surface area (Å²) in [6.07, 6.45) is 5.52. The lowest BCUT2D eigenvalue weighted by molar-refractivity contribution is 0.142. The van der Waals surface area contributed by atoms with Gasteiger partial charge in [-0.2, -0.15) is 0 Å². The molecule has 1 aliphatic rings. The zero-order valence-electron chi connectivity index (χ0n) is 12.1. The lowest BCUT2D eigenvalue weighted by atomic mass is 9.82. The van der Waals surface area contributed by atoms with Gasteiger partial charge in [0.25, 0.3) is 0 Å². The molecule has 0 bridgehead atoms. The van der Waals surface area contributed by atoms with Crippen LogP contribution in [0.2, 0.25) is 0 Å². The zero-order valence-corrected chi connectivity index (χ0v) is 12.9. The highest BCUT2D eigenvalue weighted by atomic mass is 32.2. The third-order valence-corrected chi connectivity index (χ3v) is 4.77. The van der Waals surface area contributed by atoms with Crippen LogP contribution >= 0.6 is 11.8 Å². The van der Waals surface area contributed by atoms with E-state index < -0.39 is 0 Å². The van der Waals surface area contributed by atoms with Crippen molar-refractivity contribution in [2.75, 3.05) is 27.6 Å². The smallest absolute Gasteiger partial charge is 0.126 e. The van der Waals surface area contributed by atoms with Gasteiger partial charge in [-0.05, 0) is 37.1 Å². The molecule has 0 heterocycles. The molecule has 0 aromatic heterocycles. The molecule has 0 amide bonds. The van der Waals surface area contributed by atoms with Gasteiger partial charge in [-0.15, -0.1) is 11.8 Å². The minimum Gasteiger partial charge on any atom is -0.497 e. The summed E-state index contributed by atoms with van der Waals surface area (Å²) in [5.41, 5.74) is 2.82. The molecule has 1 aromatic rings.